The van der Waals surface area contributed by atoms with Crippen LogP contribution in [-0.4, -0.2) is 15.4 Å². The molecule has 1 aromatic heterocycles. The van der Waals surface area contributed by atoms with Gasteiger partial charge in [0.15, 0.2) is 0 Å². The van der Waals surface area contributed by atoms with Crippen LogP contribution in [0.5, 0.6) is 0 Å². The molecule has 4 rings (SSSR count). The first-order chi connectivity index (χ1) is 13.7. The van der Waals surface area contributed by atoms with Crippen molar-refractivity contribution >= 4 is 16.8 Å². The number of aromatic nitrogens is 1. The van der Waals surface area contributed by atoms with E-state index in [2.05, 4.69) is 47.2 Å². The lowest BCUT2D eigenvalue weighted by Gasteiger charge is -2.23. The minimum Gasteiger partial charge on any atom is -0.350 e. The van der Waals surface area contributed by atoms with Crippen LogP contribution >= 0.6 is 0 Å². The van der Waals surface area contributed by atoms with Gasteiger partial charge in [-0.05, 0) is 22.8 Å². The number of rotatable bonds is 6. The third-order valence-corrected chi connectivity index (χ3v) is 5.11. The first-order valence-electron chi connectivity index (χ1n) is 9.59. The summed E-state index contributed by atoms with van der Waals surface area (Å²) in [6.07, 6.45) is 2.48. The van der Waals surface area contributed by atoms with Crippen LogP contribution in [0.2, 0.25) is 0 Å². The molecule has 0 saturated carbocycles. The van der Waals surface area contributed by atoms with Crippen LogP contribution in [0.15, 0.2) is 91.1 Å². The summed E-state index contributed by atoms with van der Waals surface area (Å²) in [6, 6.07) is 28.6. The van der Waals surface area contributed by atoms with Gasteiger partial charge in [0.2, 0.25) is 5.91 Å². The molecule has 3 nitrogen and oxygen atoms in total. The van der Waals surface area contributed by atoms with E-state index < -0.39 is 0 Å². The standard InChI is InChI=1S/C25H24N2O/c1-26-19-22(23-14-8-9-15-24(23)26)16-25(28)27(17-20-10-4-2-5-11-20)18-21-12-6-3-7-13-21/h2-15,19H,16-18H2,1H3. The zero-order valence-corrected chi connectivity index (χ0v) is 16.1. The Morgan fingerprint density at radius 2 is 1.32 bits per heavy atom. The average Bonchev–Trinajstić information content (AvgIpc) is 3.05. The van der Waals surface area contributed by atoms with Crippen LogP contribution in [0.25, 0.3) is 10.9 Å². The maximum absolute atomic E-state index is 13.3. The van der Waals surface area contributed by atoms with Crippen molar-refractivity contribution < 1.29 is 4.79 Å². The Kier molecular flexibility index (Phi) is 5.24. The summed E-state index contributed by atoms with van der Waals surface area (Å²) < 4.78 is 2.09. The van der Waals surface area contributed by atoms with Gasteiger partial charge in [-0.1, -0.05) is 78.9 Å². The minimum atomic E-state index is 0.143. The fraction of sp³-hybridized carbons (Fsp3) is 0.160. The number of para-hydroxylation sites is 1. The molecule has 140 valence electrons. The van der Waals surface area contributed by atoms with E-state index in [0.29, 0.717) is 19.5 Å². The molecule has 0 aliphatic carbocycles. The number of aryl methyl sites for hydroxylation is 1. The number of carbonyl (C=O) groups is 1. The molecular weight excluding hydrogens is 344 g/mol. The van der Waals surface area contributed by atoms with Crippen molar-refractivity contribution in [3.05, 3.63) is 108 Å². The number of hydrogen-bond donors (Lipinski definition) is 0. The van der Waals surface area contributed by atoms with Gasteiger partial charge in [0.05, 0.1) is 6.42 Å². The summed E-state index contributed by atoms with van der Waals surface area (Å²) in [5.74, 6) is 0.143. The van der Waals surface area contributed by atoms with Gasteiger partial charge in [0.25, 0.3) is 0 Å². The molecule has 0 radical (unpaired) electrons. The molecule has 4 aromatic rings. The highest BCUT2D eigenvalue weighted by molar-refractivity contribution is 5.89. The summed E-state index contributed by atoms with van der Waals surface area (Å²) in [5.41, 5.74) is 4.52. The fourth-order valence-corrected chi connectivity index (χ4v) is 3.68. The Balaban J connectivity index is 1.60. The topological polar surface area (TPSA) is 25.2 Å². The second-order valence-electron chi connectivity index (χ2n) is 7.18. The van der Waals surface area contributed by atoms with Gasteiger partial charge in [-0.2, -0.15) is 0 Å². The molecule has 1 amide bonds. The molecule has 3 heteroatoms. The Morgan fingerprint density at radius 1 is 0.786 bits per heavy atom. The molecule has 0 fully saturated rings. The van der Waals surface area contributed by atoms with Gasteiger partial charge in [-0.15, -0.1) is 0 Å². The first kappa shape index (κ1) is 18.1. The molecule has 0 bridgehead atoms. The van der Waals surface area contributed by atoms with E-state index in [0.717, 1.165) is 27.6 Å². The number of carbonyl (C=O) groups excluding carboxylic acids is 1. The predicted molar refractivity (Wildman–Crippen MR) is 114 cm³/mol. The van der Waals surface area contributed by atoms with Crippen LogP contribution in [0.4, 0.5) is 0 Å². The lowest BCUT2D eigenvalue weighted by molar-refractivity contribution is -0.131. The van der Waals surface area contributed by atoms with Crippen molar-refractivity contribution in [2.24, 2.45) is 7.05 Å². The highest BCUT2D eigenvalue weighted by atomic mass is 16.2. The van der Waals surface area contributed by atoms with Crippen molar-refractivity contribution in [1.29, 1.82) is 0 Å². The van der Waals surface area contributed by atoms with E-state index in [-0.39, 0.29) is 5.91 Å². The van der Waals surface area contributed by atoms with E-state index in [9.17, 15) is 4.79 Å². The zero-order chi connectivity index (χ0) is 19.3. The number of fused-ring (bicyclic) bond motifs is 1. The van der Waals surface area contributed by atoms with Gasteiger partial charge in [0, 0.05) is 37.2 Å². The Labute approximate surface area is 165 Å². The second kappa shape index (κ2) is 8.13. The first-order valence-corrected chi connectivity index (χ1v) is 9.59. The van der Waals surface area contributed by atoms with Crippen molar-refractivity contribution in [3.8, 4) is 0 Å². The molecule has 3 aromatic carbocycles. The summed E-state index contributed by atoms with van der Waals surface area (Å²) >= 11 is 0. The smallest absolute Gasteiger partial charge is 0.227 e. The molecule has 0 aliphatic heterocycles. The van der Waals surface area contributed by atoms with Crippen LogP contribution < -0.4 is 0 Å². The highest BCUT2D eigenvalue weighted by Gasteiger charge is 2.17. The Bertz CT molecular complexity index is 1030. The lowest BCUT2D eigenvalue weighted by atomic mass is 10.1. The van der Waals surface area contributed by atoms with Crippen LogP contribution in [0.1, 0.15) is 16.7 Å². The van der Waals surface area contributed by atoms with Gasteiger partial charge in [0.1, 0.15) is 0 Å². The predicted octanol–water partition coefficient (Wildman–Crippen LogP) is 4.95. The van der Waals surface area contributed by atoms with Crippen molar-refractivity contribution in [1.82, 2.24) is 9.47 Å². The summed E-state index contributed by atoms with van der Waals surface area (Å²) in [6.45, 7) is 1.22. The molecule has 1 heterocycles. The molecule has 0 unspecified atom stereocenters. The Morgan fingerprint density at radius 3 is 1.93 bits per heavy atom. The minimum absolute atomic E-state index is 0.143. The average molecular weight is 368 g/mol. The third-order valence-electron chi connectivity index (χ3n) is 5.11. The molecule has 0 atom stereocenters. The lowest BCUT2D eigenvalue weighted by Crippen LogP contribution is -2.31. The summed E-state index contributed by atoms with van der Waals surface area (Å²) in [5, 5.41) is 1.15. The van der Waals surface area contributed by atoms with Gasteiger partial charge < -0.3 is 9.47 Å². The summed E-state index contributed by atoms with van der Waals surface area (Å²) in [4.78, 5) is 15.2. The number of benzene rings is 3. The van der Waals surface area contributed by atoms with E-state index in [1.807, 2.05) is 60.5 Å². The Hall–Kier alpha value is -3.33. The maximum Gasteiger partial charge on any atom is 0.227 e. The van der Waals surface area contributed by atoms with Crippen LogP contribution in [0, 0.1) is 0 Å². The van der Waals surface area contributed by atoms with Crippen molar-refractivity contribution in [2.75, 3.05) is 0 Å². The molecule has 0 N–H and O–H groups in total. The van der Waals surface area contributed by atoms with Gasteiger partial charge in [-0.3, -0.25) is 4.79 Å². The SMILES string of the molecule is Cn1cc(CC(=O)N(Cc2ccccc2)Cc2ccccc2)c2ccccc21. The van der Waals surface area contributed by atoms with Crippen molar-refractivity contribution in [3.63, 3.8) is 0 Å². The molecule has 0 spiro atoms. The fourth-order valence-electron chi connectivity index (χ4n) is 3.68. The molecule has 28 heavy (non-hydrogen) atoms. The maximum atomic E-state index is 13.3. The third kappa shape index (κ3) is 3.99. The highest BCUT2D eigenvalue weighted by Crippen LogP contribution is 2.22. The van der Waals surface area contributed by atoms with Gasteiger partial charge >= 0.3 is 0 Å². The van der Waals surface area contributed by atoms with Crippen LogP contribution in [-0.2, 0) is 31.4 Å². The number of amides is 1. The van der Waals surface area contributed by atoms with Crippen molar-refractivity contribution in [2.45, 2.75) is 19.5 Å². The van der Waals surface area contributed by atoms with E-state index in [1.54, 1.807) is 0 Å². The van der Waals surface area contributed by atoms with Crippen LogP contribution in [0.3, 0.4) is 0 Å². The molecular formula is C25H24N2O. The largest absolute Gasteiger partial charge is 0.350 e. The quantitative estimate of drug-likeness (QED) is 0.473. The number of hydrogen-bond acceptors (Lipinski definition) is 1. The molecule has 0 saturated heterocycles. The van der Waals surface area contributed by atoms with E-state index in [4.69, 9.17) is 0 Å². The normalized spacial score (nSPS) is 10.9. The second-order valence-corrected chi connectivity index (χ2v) is 7.18. The van der Waals surface area contributed by atoms with Gasteiger partial charge in [-0.25, -0.2) is 0 Å². The monoisotopic (exact) mass is 368 g/mol. The number of nitrogens with zero attached hydrogens (tertiary/aromatic N) is 2. The summed E-state index contributed by atoms with van der Waals surface area (Å²) in [7, 11) is 2.03. The van der Waals surface area contributed by atoms with E-state index in [1.165, 1.54) is 0 Å². The molecule has 0 aliphatic rings. The zero-order valence-electron chi connectivity index (χ0n) is 16.1. The van der Waals surface area contributed by atoms with E-state index >= 15 is 0 Å².